The second kappa shape index (κ2) is 15.0. The zero-order valence-electron chi connectivity index (χ0n) is 19.4. The number of amides is 3. The van der Waals surface area contributed by atoms with Gasteiger partial charge in [0.15, 0.2) is 0 Å². The largest absolute Gasteiger partial charge is 0.480 e. The normalized spacial score (nSPS) is 13.6. The Hall–Kier alpha value is -2.98. The lowest BCUT2D eigenvalue weighted by atomic mass is 10.0. The van der Waals surface area contributed by atoms with Crippen LogP contribution in [0, 0.1) is 5.92 Å². The van der Waals surface area contributed by atoms with Gasteiger partial charge in [0.25, 0.3) is 0 Å². The summed E-state index contributed by atoms with van der Waals surface area (Å²) >= 11 is 0. The molecule has 0 saturated heterocycles. The number of hydrogen-bond acceptors (Lipinski definition) is 6. The van der Waals surface area contributed by atoms with Crippen LogP contribution < -0.4 is 27.4 Å². The predicted molar refractivity (Wildman–Crippen MR) is 125 cm³/mol. The number of benzene rings is 1. The van der Waals surface area contributed by atoms with Crippen LogP contribution in [0.4, 0.5) is 0 Å². The van der Waals surface area contributed by atoms with Crippen LogP contribution in [0.25, 0.3) is 0 Å². The van der Waals surface area contributed by atoms with Gasteiger partial charge in [-0.2, -0.15) is 0 Å². The highest BCUT2D eigenvalue weighted by atomic mass is 16.4. The Morgan fingerprint density at radius 3 is 2.15 bits per heavy atom. The fourth-order valence-corrected chi connectivity index (χ4v) is 3.26. The Balaban J connectivity index is 2.84. The summed E-state index contributed by atoms with van der Waals surface area (Å²) in [6.45, 7) is 3.70. The second-order valence-corrected chi connectivity index (χ2v) is 8.44. The molecule has 0 aliphatic carbocycles. The number of hydrogen-bond donors (Lipinski definition) is 6. The molecular weight excluding hydrogens is 426 g/mol. The van der Waals surface area contributed by atoms with E-state index in [1.807, 2.05) is 44.2 Å². The van der Waals surface area contributed by atoms with E-state index in [9.17, 15) is 19.2 Å². The van der Waals surface area contributed by atoms with Gasteiger partial charge in [-0.3, -0.25) is 19.2 Å². The van der Waals surface area contributed by atoms with Gasteiger partial charge in [-0.25, -0.2) is 0 Å². The third-order valence-electron chi connectivity index (χ3n) is 4.97. The number of aliphatic carboxylic acids is 1. The summed E-state index contributed by atoms with van der Waals surface area (Å²) in [7, 11) is 0. The van der Waals surface area contributed by atoms with E-state index >= 15 is 0 Å². The number of carbonyl (C=O) groups is 4. The molecule has 3 amide bonds. The summed E-state index contributed by atoms with van der Waals surface area (Å²) < 4.78 is 0. The molecule has 0 spiro atoms. The molecule has 0 aromatic heterocycles. The molecule has 0 bridgehead atoms. The lowest BCUT2D eigenvalue weighted by molar-refractivity contribution is -0.138. The van der Waals surface area contributed by atoms with Crippen LogP contribution >= 0.6 is 0 Å². The van der Waals surface area contributed by atoms with Crippen LogP contribution in [0.1, 0.15) is 45.1 Å². The number of carboxylic acids is 1. The number of carbonyl (C=O) groups excluding carboxylic acids is 3. The van der Waals surface area contributed by atoms with Gasteiger partial charge in [-0.1, -0.05) is 44.2 Å². The quantitative estimate of drug-likeness (QED) is 0.197. The third-order valence-corrected chi connectivity index (χ3v) is 4.97. The average Bonchev–Trinajstić information content (AvgIpc) is 2.76. The maximum Gasteiger partial charge on any atom is 0.322 e. The van der Waals surface area contributed by atoms with E-state index in [4.69, 9.17) is 16.6 Å². The molecule has 0 saturated carbocycles. The fourth-order valence-electron chi connectivity index (χ4n) is 3.26. The van der Waals surface area contributed by atoms with Crippen molar-refractivity contribution in [1.82, 2.24) is 16.0 Å². The molecule has 3 unspecified atom stereocenters. The monoisotopic (exact) mass is 463 g/mol. The van der Waals surface area contributed by atoms with E-state index in [2.05, 4.69) is 16.0 Å². The predicted octanol–water partition coefficient (Wildman–Crippen LogP) is -0.0981. The van der Waals surface area contributed by atoms with Gasteiger partial charge in [0.1, 0.15) is 18.6 Å². The topological polar surface area (TPSA) is 177 Å². The van der Waals surface area contributed by atoms with Crippen LogP contribution in [0.2, 0.25) is 0 Å². The first-order valence-electron chi connectivity index (χ1n) is 11.2. The van der Waals surface area contributed by atoms with Gasteiger partial charge in [-0.15, -0.1) is 0 Å². The SMILES string of the molecule is CC(C)CC(NC(=O)C(N)Cc1ccccc1)C(=O)NC(CCCCN)C(=O)NCC(=O)O. The van der Waals surface area contributed by atoms with E-state index in [1.54, 1.807) is 0 Å². The van der Waals surface area contributed by atoms with Crippen molar-refractivity contribution >= 4 is 23.7 Å². The van der Waals surface area contributed by atoms with Crippen LogP contribution in [0.5, 0.6) is 0 Å². The highest BCUT2D eigenvalue weighted by Crippen LogP contribution is 2.09. The van der Waals surface area contributed by atoms with Crippen LogP contribution in [-0.2, 0) is 25.6 Å². The molecule has 1 aromatic carbocycles. The second-order valence-electron chi connectivity index (χ2n) is 8.44. The molecule has 0 aliphatic rings. The first-order chi connectivity index (χ1) is 15.6. The van der Waals surface area contributed by atoms with Crippen molar-refractivity contribution in [2.45, 2.75) is 64.1 Å². The van der Waals surface area contributed by atoms with Crippen molar-refractivity contribution in [3.8, 4) is 0 Å². The standard InChI is InChI=1S/C23H37N5O5/c1-15(2)12-19(28-21(31)17(25)13-16-8-4-3-5-9-16)23(33)27-18(10-6-7-11-24)22(32)26-14-20(29)30/h3-5,8-9,15,17-19H,6-7,10-14,24-25H2,1-2H3,(H,26,32)(H,27,33)(H,28,31)(H,29,30). The molecule has 0 fully saturated rings. The molecular formula is C23H37N5O5. The van der Waals surface area contributed by atoms with Crippen molar-refractivity contribution in [1.29, 1.82) is 0 Å². The zero-order chi connectivity index (χ0) is 24.8. The van der Waals surface area contributed by atoms with Crippen molar-refractivity contribution in [2.24, 2.45) is 17.4 Å². The van der Waals surface area contributed by atoms with Gasteiger partial charge in [0.2, 0.25) is 17.7 Å². The molecule has 8 N–H and O–H groups in total. The maximum absolute atomic E-state index is 13.0. The van der Waals surface area contributed by atoms with Gasteiger partial charge < -0.3 is 32.5 Å². The molecule has 0 heterocycles. The minimum atomic E-state index is -1.19. The maximum atomic E-state index is 13.0. The highest BCUT2D eigenvalue weighted by Gasteiger charge is 2.28. The summed E-state index contributed by atoms with van der Waals surface area (Å²) in [5, 5.41) is 16.5. The first-order valence-corrected chi connectivity index (χ1v) is 11.2. The van der Waals surface area contributed by atoms with Crippen LogP contribution in [-0.4, -0.2) is 60.0 Å². The van der Waals surface area contributed by atoms with Crippen LogP contribution in [0.3, 0.4) is 0 Å². The summed E-state index contributed by atoms with van der Waals surface area (Å²) in [5.41, 5.74) is 12.5. The smallest absolute Gasteiger partial charge is 0.322 e. The average molecular weight is 464 g/mol. The van der Waals surface area contributed by atoms with E-state index in [1.165, 1.54) is 0 Å². The molecule has 10 heteroatoms. The molecule has 0 aliphatic heterocycles. The number of rotatable bonds is 15. The van der Waals surface area contributed by atoms with Crippen molar-refractivity contribution in [3.05, 3.63) is 35.9 Å². The van der Waals surface area contributed by atoms with Crippen molar-refractivity contribution in [2.75, 3.05) is 13.1 Å². The van der Waals surface area contributed by atoms with Gasteiger partial charge in [0.05, 0.1) is 6.04 Å². The highest BCUT2D eigenvalue weighted by molar-refractivity contribution is 5.93. The van der Waals surface area contributed by atoms with Gasteiger partial charge in [-0.05, 0) is 50.1 Å². The molecule has 3 atom stereocenters. The summed E-state index contributed by atoms with van der Waals surface area (Å²) in [6, 6.07) is 6.66. The molecule has 0 radical (unpaired) electrons. The Labute approximate surface area is 194 Å². The van der Waals surface area contributed by atoms with E-state index < -0.39 is 48.4 Å². The molecule has 1 rings (SSSR count). The minimum absolute atomic E-state index is 0.0860. The van der Waals surface area contributed by atoms with Crippen molar-refractivity contribution < 1.29 is 24.3 Å². The molecule has 1 aromatic rings. The number of unbranched alkanes of at least 4 members (excludes halogenated alkanes) is 1. The molecule has 33 heavy (non-hydrogen) atoms. The number of carboxylic acid groups (broad SMARTS) is 1. The van der Waals surface area contributed by atoms with E-state index in [0.29, 0.717) is 38.6 Å². The van der Waals surface area contributed by atoms with Crippen molar-refractivity contribution in [3.63, 3.8) is 0 Å². The minimum Gasteiger partial charge on any atom is -0.480 e. The summed E-state index contributed by atoms with van der Waals surface area (Å²) in [4.78, 5) is 48.9. The van der Waals surface area contributed by atoms with Gasteiger partial charge >= 0.3 is 5.97 Å². The number of nitrogens with two attached hydrogens (primary N) is 2. The third kappa shape index (κ3) is 11.4. The lowest BCUT2D eigenvalue weighted by Crippen LogP contribution is -2.56. The molecule has 10 nitrogen and oxygen atoms in total. The lowest BCUT2D eigenvalue weighted by Gasteiger charge is -2.25. The Kier molecular flexibility index (Phi) is 12.7. The van der Waals surface area contributed by atoms with E-state index in [0.717, 1.165) is 5.56 Å². The van der Waals surface area contributed by atoms with Gasteiger partial charge in [0, 0.05) is 0 Å². The Morgan fingerprint density at radius 1 is 0.939 bits per heavy atom. The Morgan fingerprint density at radius 2 is 1.58 bits per heavy atom. The van der Waals surface area contributed by atoms with E-state index in [-0.39, 0.29) is 5.92 Å². The van der Waals surface area contributed by atoms with Crippen LogP contribution in [0.15, 0.2) is 30.3 Å². The molecule has 184 valence electrons. The summed E-state index contributed by atoms with van der Waals surface area (Å²) in [6.07, 6.45) is 2.19. The summed E-state index contributed by atoms with van der Waals surface area (Å²) in [5.74, 6) is -2.68. The zero-order valence-corrected chi connectivity index (χ0v) is 19.4. The Bertz CT molecular complexity index is 772. The first kappa shape index (κ1) is 28.1. The number of nitrogens with one attached hydrogen (secondary N) is 3. The fraction of sp³-hybridized carbons (Fsp3) is 0.565.